The molecule has 10 nitrogen and oxygen atoms in total. The number of hydrogen-bond acceptors (Lipinski definition) is 8. The summed E-state index contributed by atoms with van der Waals surface area (Å²) in [5.41, 5.74) is 2.45. The molecule has 2 aliphatic rings. The Morgan fingerprint density at radius 3 is 2.77 bits per heavy atom. The number of carbonyl (C=O) groups excluding carboxylic acids is 2. The number of nitrogens with zero attached hydrogens (tertiary/aromatic N) is 5. The fourth-order valence-electron chi connectivity index (χ4n) is 3.61. The number of benzene rings is 1. The molecule has 0 aliphatic carbocycles. The molecule has 0 unspecified atom stereocenters. The predicted molar refractivity (Wildman–Crippen MR) is 114 cm³/mol. The number of amides is 2. The van der Waals surface area contributed by atoms with Crippen molar-refractivity contribution in [1.82, 2.24) is 24.9 Å². The van der Waals surface area contributed by atoms with Crippen molar-refractivity contribution in [2.24, 2.45) is 0 Å². The molecule has 2 aliphatic heterocycles. The lowest BCUT2D eigenvalue weighted by Crippen LogP contribution is -2.28. The minimum atomic E-state index is -0.383. The highest BCUT2D eigenvalue weighted by molar-refractivity contribution is 6.15. The van der Waals surface area contributed by atoms with E-state index in [-0.39, 0.29) is 18.2 Å². The van der Waals surface area contributed by atoms with Crippen LogP contribution in [0.4, 0.5) is 17.6 Å². The molecule has 0 radical (unpaired) electrons. The van der Waals surface area contributed by atoms with Crippen LogP contribution in [0.5, 0.6) is 0 Å². The van der Waals surface area contributed by atoms with Gasteiger partial charge in [0, 0.05) is 36.5 Å². The van der Waals surface area contributed by atoms with E-state index >= 15 is 0 Å². The molecule has 31 heavy (non-hydrogen) atoms. The summed E-state index contributed by atoms with van der Waals surface area (Å²) < 4.78 is 7.17. The standard InChI is InChI=1S/C21H21N7O3/c29-17-12-14(19(30)24-17)11-15-13-22-28-18(15)25-20(27-7-4-9-31-10-8-27)26-21(28)23-16-5-2-1-3-6-16/h1-3,5-6,11,13H,4,7-10,12H2,(H,23,25,26)(H,24,29,30). The van der Waals surface area contributed by atoms with Crippen molar-refractivity contribution in [3.63, 3.8) is 0 Å². The zero-order chi connectivity index (χ0) is 21.2. The van der Waals surface area contributed by atoms with E-state index in [1.165, 1.54) is 0 Å². The van der Waals surface area contributed by atoms with E-state index in [1.54, 1.807) is 16.8 Å². The second kappa shape index (κ2) is 8.15. The summed E-state index contributed by atoms with van der Waals surface area (Å²) >= 11 is 0. The molecule has 1 aromatic carbocycles. The van der Waals surface area contributed by atoms with Gasteiger partial charge in [-0.1, -0.05) is 18.2 Å². The van der Waals surface area contributed by atoms with Gasteiger partial charge in [0.05, 0.1) is 19.2 Å². The van der Waals surface area contributed by atoms with Gasteiger partial charge in [0.1, 0.15) is 0 Å². The van der Waals surface area contributed by atoms with E-state index in [1.807, 2.05) is 30.3 Å². The molecule has 0 bridgehead atoms. The van der Waals surface area contributed by atoms with Crippen molar-refractivity contribution in [3.8, 4) is 0 Å². The lowest BCUT2D eigenvalue weighted by atomic mass is 10.1. The number of carbonyl (C=O) groups is 2. The number of para-hydroxylation sites is 1. The summed E-state index contributed by atoms with van der Waals surface area (Å²) in [6.07, 6.45) is 4.22. The maximum Gasteiger partial charge on any atom is 0.254 e. The average Bonchev–Trinajstić information content (AvgIpc) is 3.18. The van der Waals surface area contributed by atoms with Crippen LogP contribution >= 0.6 is 0 Å². The molecule has 2 saturated heterocycles. The number of imide groups is 1. The van der Waals surface area contributed by atoms with Crippen LogP contribution in [0, 0.1) is 0 Å². The van der Waals surface area contributed by atoms with E-state index in [2.05, 4.69) is 20.6 Å². The van der Waals surface area contributed by atoms with Crippen LogP contribution in [-0.2, 0) is 14.3 Å². The number of aromatic nitrogens is 4. The zero-order valence-corrected chi connectivity index (χ0v) is 16.7. The SMILES string of the molecule is O=C1CC(=Cc2cnn3c(Nc4ccccc4)nc(N4CCCOCC4)nc23)C(=O)N1. The van der Waals surface area contributed by atoms with Gasteiger partial charge < -0.3 is 15.0 Å². The van der Waals surface area contributed by atoms with Crippen LogP contribution in [0.2, 0.25) is 0 Å². The maximum atomic E-state index is 12.0. The fourth-order valence-corrected chi connectivity index (χ4v) is 3.61. The molecule has 2 amide bonds. The average molecular weight is 419 g/mol. The van der Waals surface area contributed by atoms with Crippen molar-refractivity contribution in [1.29, 1.82) is 0 Å². The lowest BCUT2D eigenvalue weighted by Gasteiger charge is -2.20. The molecule has 4 heterocycles. The first-order chi connectivity index (χ1) is 15.2. The van der Waals surface area contributed by atoms with E-state index < -0.39 is 0 Å². The molecular formula is C21H21N7O3. The molecule has 10 heteroatoms. The summed E-state index contributed by atoms with van der Waals surface area (Å²) in [6, 6.07) is 9.68. The Bertz CT molecular complexity index is 1160. The van der Waals surface area contributed by atoms with Crippen molar-refractivity contribution < 1.29 is 14.3 Å². The van der Waals surface area contributed by atoms with Gasteiger partial charge in [-0.3, -0.25) is 14.9 Å². The van der Waals surface area contributed by atoms with Gasteiger partial charge in [-0.2, -0.15) is 19.6 Å². The van der Waals surface area contributed by atoms with Crippen LogP contribution in [-0.4, -0.2) is 57.7 Å². The largest absolute Gasteiger partial charge is 0.380 e. The van der Waals surface area contributed by atoms with E-state index in [0.29, 0.717) is 48.4 Å². The first kappa shape index (κ1) is 19.2. The molecule has 0 atom stereocenters. The Labute approximate surface area is 177 Å². The highest BCUT2D eigenvalue weighted by atomic mass is 16.5. The summed E-state index contributed by atoms with van der Waals surface area (Å²) in [5.74, 6) is 0.376. The van der Waals surface area contributed by atoms with Gasteiger partial charge in [0.25, 0.3) is 5.91 Å². The molecule has 2 N–H and O–H groups in total. The van der Waals surface area contributed by atoms with E-state index in [9.17, 15) is 9.59 Å². The van der Waals surface area contributed by atoms with Crippen molar-refractivity contribution in [3.05, 3.63) is 47.7 Å². The lowest BCUT2D eigenvalue weighted by molar-refractivity contribution is -0.124. The van der Waals surface area contributed by atoms with Crippen molar-refractivity contribution >= 4 is 41.1 Å². The quantitative estimate of drug-likeness (QED) is 0.483. The van der Waals surface area contributed by atoms with Crippen LogP contribution in [0.3, 0.4) is 0 Å². The Hall–Kier alpha value is -3.79. The number of anilines is 3. The van der Waals surface area contributed by atoms with Crippen LogP contribution in [0.15, 0.2) is 42.1 Å². The minimum Gasteiger partial charge on any atom is -0.380 e. The Morgan fingerprint density at radius 2 is 1.97 bits per heavy atom. The summed E-state index contributed by atoms with van der Waals surface area (Å²) in [6.45, 7) is 2.78. The highest BCUT2D eigenvalue weighted by Crippen LogP contribution is 2.24. The van der Waals surface area contributed by atoms with Gasteiger partial charge in [0.15, 0.2) is 5.65 Å². The summed E-state index contributed by atoms with van der Waals surface area (Å²) in [4.78, 5) is 35.1. The monoisotopic (exact) mass is 419 g/mol. The highest BCUT2D eigenvalue weighted by Gasteiger charge is 2.25. The van der Waals surface area contributed by atoms with Crippen molar-refractivity contribution in [2.45, 2.75) is 12.8 Å². The molecule has 0 spiro atoms. The molecule has 2 fully saturated rings. The molecule has 2 aromatic heterocycles. The minimum absolute atomic E-state index is 0.0483. The fraction of sp³-hybridized carbons (Fsp3) is 0.286. The number of nitrogens with one attached hydrogen (secondary N) is 2. The van der Waals surface area contributed by atoms with E-state index in [4.69, 9.17) is 14.7 Å². The van der Waals surface area contributed by atoms with Crippen molar-refractivity contribution in [2.75, 3.05) is 36.5 Å². The van der Waals surface area contributed by atoms with Crippen LogP contribution < -0.4 is 15.5 Å². The summed E-state index contributed by atoms with van der Waals surface area (Å²) in [7, 11) is 0. The molecular weight excluding hydrogens is 398 g/mol. The van der Waals surface area contributed by atoms with Gasteiger partial charge >= 0.3 is 0 Å². The zero-order valence-electron chi connectivity index (χ0n) is 16.7. The van der Waals surface area contributed by atoms with Gasteiger partial charge in [0.2, 0.25) is 17.8 Å². The third kappa shape index (κ3) is 3.97. The third-order valence-corrected chi connectivity index (χ3v) is 5.14. The first-order valence-electron chi connectivity index (χ1n) is 10.1. The maximum absolute atomic E-state index is 12.0. The first-order valence-corrected chi connectivity index (χ1v) is 10.1. The molecule has 158 valence electrons. The third-order valence-electron chi connectivity index (χ3n) is 5.14. The number of hydrogen-bond donors (Lipinski definition) is 2. The Balaban J connectivity index is 1.60. The van der Waals surface area contributed by atoms with E-state index in [0.717, 1.165) is 18.7 Å². The van der Waals surface area contributed by atoms with Gasteiger partial charge in [-0.05, 0) is 24.6 Å². The second-order valence-electron chi connectivity index (χ2n) is 7.35. The van der Waals surface area contributed by atoms with Gasteiger partial charge in [-0.15, -0.1) is 0 Å². The summed E-state index contributed by atoms with van der Waals surface area (Å²) in [5, 5.41) is 10.0. The number of ether oxygens (including phenoxy) is 1. The predicted octanol–water partition coefficient (Wildman–Crippen LogP) is 1.52. The topological polar surface area (TPSA) is 114 Å². The van der Waals surface area contributed by atoms with Crippen LogP contribution in [0.1, 0.15) is 18.4 Å². The van der Waals surface area contributed by atoms with Crippen LogP contribution in [0.25, 0.3) is 11.7 Å². The normalized spacial score (nSPS) is 18.5. The Morgan fingerprint density at radius 1 is 1.10 bits per heavy atom. The number of fused-ring (bicyclic) bond motifs is 1. The molecule has 5 rings (SSSR count). The smallest absolute Gasteiger partial charge is 0.254 e. The Kier molecular flexibility index (Phi) is 5.04. The number of rotatable bonds is 4. The second-order valence-corrected chi connectivity index (χ2v) is 7.35. The van der Waals surface area contributed by atoms with Gasteiger partial charge in [-0.25, -0.2) is 0 Å². The molecule has 3 aromatic rings. The molecule has 0 saturated carbocycles.